The van der Waals surface area contributed by atoms with Crippen molar-refractivity contribution in [2.24, 2.45) is 24.8 Å². The van der Waals surface area contributed by atoms with Gasteiger partial charge in [0, 0.05) is 34.9 Å². The summed E-state index contributed by atoms with van der Waals surface area (Å²) in [5.74, 6) is 2.52. The first-order valence-electron chi connectivity index (χ1n) is 10.7. The lowest BCUT2D eigenvalue weighted by atomic mass is 9.53. The molecule has 0 atom stereocenters. The van der Waals surface area contributed by atoms with Crippen LogP contribution in [0.2, 0.25) is 5.02 Å². The average Bonchev–Trinajstić information content (AvgIpc) is 3.07. The third kappa shape index (κ3) is 3.57. The van der Waals surface area contributed by atoms with Crippen molar-refractivity contribution in [2.75, 3.05) is 6.54 Å². The van der Waals surface area contributed by atoms with E-state index in [9.17, 15) is 9.59 Å². The molecule has 6 rings (SSSR count). The summed E-state index contributed by atoms with van der Waals surface area (Å²) in [5, 5.41) is 4.26. The summed E-state index contributed by atoms with van der Waals surface area (Å²) >= 11 is 5.92. The predicted octanol–water partition coefficient (Wildman–Crippen LogP) is 4.65. The van der Waals surface area contributed by atoms with Gasteiger partial charge in [0.05, 0.1) is 12.2 Å². The summed E-state index contributed by atoms with van der Waals surface area (Å²) in [5.41, 5.74) is 1.86. The molecule has 4 saturated carbocycles. The second-order valence-corrected chi connectivity index (χ2v) is 9.97. The van der Waals surface area contributed by atoms with Gasteiger partial charge in [0.15, 0.2) is 5.78 Å². The minimum atomic E-state index is -0.0998. The van der Waals surface area contributed by atoms with E-state index in [0.29, 0.717) is 28.4 Å². The molecule has 0 saturated heterocycles. The summed E-state index contributed by atoms with van der Waals surface area (Å²) in [6.07, 6.45) is 9.62. The molecule has 1 N–H and O–H groups in total. The zero-order chi connectivity index (χ0) is 20.2. The van der Waals surface area contributed by atoms with Crippen LogP contribution in [0.25, 0.3) is 0 Å². The third-order valence-electron chi connectivity index (χ3n) is 7.33. The third-order valence-corrected chi connectivity index (χ3v) is 7.58. The highest BCUT2D eigenvalue weighted by Crippen LogP contribution is 2.55. The number of aromatic nitrogens is 1. The topological polar surface area (TPSA) is 51.1 Å². The second-order valence-electron chi connectivity index (χ2n) is 9.54. The van der Waals surface area contributed by atoms with E-state index in [1.165, 1.54) is 38.5 Å². The quantitative estimate of drug-likeness (QED) is 0.705. The molecule has 152 valence electrons. The molecule has 4 nitrogen and oxygen atoms in total. The lowest BCUT2D eigenvalue weighted by Crippen LogP contribution is -2.59. The van der Waals surface area contributed by atoms with Gasteiger partial charge in [0.25, 0.3) is 0 Å². The number of nitrogens with one attached hydrogen (secondary N) is 1. The van der Waals surface area contributed by atoms with Crippen molar-refractivity contribution in [1.82, 2.24) is 9.88 Å². The Hall–Kier alpha value is -1.91. The van der Waals surface area contributed by atoms with E-state index in [-0.39, 0.29) is 17.1 Å². The van der Waals surface area contributed by atoms with E-state index in [0.717, 1.165) is 17.8 Å². The number of hydrogen-bond donors (Lipinski definition) is 1. The van der Waals surface area contributed by atoms with Gasteiger partial charge in [0.2, 0.25) is 5.78 Å². The second kappa shape index (κ2) is 7.10. The number of benzene rings is 1. The van der Waals surface area contributed by atoms with Crippen LogP contribution in [0.15, 0.2) is 36.5 Å². The number of halogens is 1. The zero-order valence-corrected chi connectivity index (χ0v) is 17.5. The van der Waals surface area contributed by atoms with Gasteiger partial charge in [-0.3, -0.25) is 9.59 Å². The normalized spacial score (nSPS) is 29.9. The lowest BCUT2D eigenvalue weighted by Gasteiger charge is -2.57. The Morgan fingerprint density at radius 1 is 1.03 bits per heavy atom. The highest BCUT2D eigenvalue weighted by Gasteiger charge is 2.50. The number of ketones is 2. The van der Waals surface area contributed by atoms with Gasteiger partial charge in [-0.1, -0.05) is 11.6 Å². The molecule has 5 heteroatoms. The van der Waals surface area contributed by atoms with Crippen molar-refractivity contribution >= 4 is 23.2 Å². The van der Waals surface area contributed by atoms with Crippen molar-refractivity contribution in [3.05, 3.63) is 58.4 Å². The fraction of sp³-hybridized carbons (Fsp3) is 0.500. The van der Waals surface area contributed by atoms with E-state index >= 15 is 0 Å². The molecule has 0 amide bonds. The van der Waals surface area contributed by atoms with Gasteiger partial charge in [-0.15, -0.1) is 0 Å². The van der Waals surface area contributed by atoms with Crippen molar-refractivity contribution in [2.45, 2.75) is 44.1 Å². The molecule has 0 radical (unpaired) electrons. The smallest absolute Gasteiger partial charge is 0.209 e. The maximum atomic E-state index is 12.9. The number of nitrogens with zero attached hydrogens (tertiary/aromatic N) is 1. The predicted molar refractivity (Wildman–Crippen MR) is 114 cm³/mol. The molecule has 0 aliphatic heterocycles. The molecule has 4 bridgehead atoms. The maximum Gasteiger partial charge on any atom is 0.209 e. The van der Waals surface area contributed by atoms with Gasteiger partial charge in [0.1, 0.15) is 0 Å². The summed E-state index contributed by atoms with van der Waals surface area (Å²) in [6.45, 7) is 0.352. The molecule has 4 aliphatic carbocycles. The van der Waals surface area contributed by atoms with Crippen LogP contribution in [0, 0.1) is 17.8 Å². The molecule has 29 heavy (non-hydrogen) atoms. The van der Waals surface area contributed by atoms with Crippen molar-refractivity contribution in [3.63, 3.8) is 0 Å². The molecule has 1 aromatic heterocycles. The van der Waals surface area contributed by atoms with Crippen LogP contribution >= 0.6 is 11.6 Å². The molecule has 2 aromatic rings. The zero-order valence-electron chi connectivity index (χ0n) is 16.8. The number of aryl methyl sites for hydroxylation is 1. The Labute approximate surface area is 176 Å². The van der Waals surface area contributed by atoms with Crippen molar-refractivity contribution in [1.29, 1.82) is 0 Å². The fourth-order valence-corrected chi connectivity index (χ4v) is 6.51. The number of hydrogen-bond acceptors (Lipinski definition) is 3. The van der Waals surface area contributed by atoms with Gasteiger partial charge in [-0.05, 0) is 86.6 Å². The summed E-state index contributed by atoms with van der Waals surface area (Å²) in [6, 6.07) is 8.57. The molecule has 4 aliphatic rings. The van der Waals surface area contributed by atoms with Crippen LogP contribution in [0.5, 0.6) is 0 Å². The van der Waals surface area contributed by atoms with E-state index < -0.39 is 0 Å². The van der Waals surface area contributed by atoms with E-state index in [1.54, 1.807) is 41.1 Å². The van der Waals surface area contributed by atoms with E-state index in [4.69, 9.17) is 11.6 Å². The molecule has 0 unspecified atom stereocenters. The number of carbonyl (C=O) groups is 2. The van der Waals surface area contributed by atoms with Crippen LogP contribution in [0.4, 0.5) is 0 Å². The fourth-order valence-electron chi connectivity index (χ4n) is 6.39. The van der Waals surface area contributed by atoms with Crippen molar-refractivity contribution < 1.29 is 9.59 Å². The molecular formula is C24H27ClN2O2. The Morgan fingerprint density at radius 2 is 1.62 bits per heavy atom. The summed E-state index contributed by atoms with van der Waals surface area (Å²) in [4.78, 5) is 25.7. The lowest BCUT2D eigenvalue weighted by molar-refractivity contribution is -0.0186. The van der Waals surface area contributed by atoms with Gasteiger partial charge >= 0.3 is 0 Å². The Morgan fingerprint density at radius 3 is 2.21 bits per heavy atom. The minimum absolute atomic E-state index is 0.0616. The van der Waals surface area contributed by atoms with Crippen LogP contribution in [0.1, 0.15) is 64.9 Å². The van der Waals surface area contributed by atoms with Gasteiger partial charge < -0.3 is 9.88 Å². The SMILES string of the molecule is Cn1cc(C(=O)CNC23CC4CC(CC(C4)C2)C3)cc1C(=O)c1ccc(Cl)cc1. The van der Waals surface area contributed by atoms with Crippen LogP contribution in [-0.2, 0) is 7.05 Å². The van der Waals surface area contributed by atoms with Crippen LogP contribution in [0.3, 0.4) is 0 Å². The molecule has 1 heterocycles. The van der Waals surface area contributed by atoms with E-state index in [2.05, 4.69) is 5.32 Å². The average molecular weight is 411 g/mol. The first-order chi connectivity index (χ1) is 13.9. The minimum Gasteiger partial charge on any atom is -0.347 e. The van der Waals surface area contributed by atoms with Gasteiger partial charge in [-0.2, -0.15) is 0 Å². The molecular weight excluding hydrogens is 384 g/mol. The Kier molecular flexibility index (Phi) is 4.67. The van der Waals surface area contributed by atoms with E-state index in [1.807, 2.05) is 7.05 Å². The number of carbonyl (C=O) groups excluding carboxylic acids is 2. The number of rotatable bonds is 6. The molecule has 1 aromatic carbocycles. The van der Waals surface area contributed by atoms with Gasteiger partial charge in [-0.25, -0.2) is 0 Å². The Bertz CT molecular complexity index is 924. The first-order valence-corrected chi connectivity index (χ1v) is 11.0. The number of Topliss-reactive ketones (excluding diaryl/α,β-unsaturated/α-hetero) is 1. The van der Waals surface area contributed by atoms with Crippen molar-refractivity contribution in [3.8, 4) is 0 Å². The monoisotopic (exact) mass is 410 g/mol. The standard InChI is InChI=1S/C24H27ClN2O2/c1-27-14-19(9-21(27)23(29)18-2-4-20(25)5-3-18)22(28)13-26-24-10-15-6-16(11-24)8-17(7-15)12-24/h2-5,9,14-17,26H,6-8,10-13H2,1H3. The first kappa shape index (κ1) is 19.1. The maximum absolute atomic E-state index is 12.9. The van der Waals surface area contributed by atoms with Crippen LogP contribution in [-0.4, -0.2) is 28.2 Å². The summed E-state index contributed by atoms with van der Waals surface area (Å²) in [7, 11) is 1.81. The highest BCUT2D eigenvalue weighted by molar-refractivity contribution is 6.30. The molecule has 0 spiro atoms. The highest BCUT2D eigenvalue weighted by atomic mass is 35.5. The summed E-state index contributed by atoms with van der Waals surface area (Å²) < 4.78 is 1.74. The van der Waals surface area contributed by atoms with Crippen LogP contribution < -0.4 is 5.32 Å². The Balaban J connectivity index is 1.28. The largest absolute Gasteiger partial charge is 0.347 e. The molecule has 4 fully saturated rings.